The van der Waals surface area contributed by atoms with Gasteiger partial charge in [-0.15, -0.1) is 0 Å². The molecule has 0 aromatic carbocycles. The van der Waals surface area contributed by atoms with Crippen molar-refractivity contribution in [3.05, 3.63) is 0 Å². The van der Waals surface area contributed by atoms with Gasteiger partial charge in [-0.3, -0.25) is 4.90 Å². The smallest absolute Gasteiger partial charge is 0.0224 e. The molecule has 3 aliphatic carbocycles. The van der Waals surface area contributed by atoms with Crippen molar-refractivity contribution >= 4 is 0 Å². The van der Waals surface area contributed by atoms with Crippen molar-refractivity contribution in [3.63, 3.8) is 0 Å². The molecule has 0 spiro atoms. The van der Waals surface area contributed by atoms with Gasteiger partial charge in [0.05, 0.1) is 0 Å². The molecule has 2 atom stereocenters. The van der Waals surface area contributed by atoms with E-state index in [2.05, 4.69) is 17.1 Å². The van der Waals surface area contributed by atoms with Gasteiger partial charge < -0.3 is 5.32 Å². The lowest BCUT2D eigenvalue weighted by Gasteiger charge is -2.41. The Morgan fingerprint density at radius 3 is 2.28 bits per heavy atom. The fourth-order valence-corrected chi connectivity index (χ4v) is 4.02. The molecule has 1 saturated heterocycles. The number of nitrogens with zero attached hydrogens (tertiary/aromatic N) is 1. The van der Waals surface area contributed by atoms with E-state index in [0.717, 1.165) is 35.8 Å². The largest absolute Gasteiger partial charge is 0.311 e. The molecule has 1 N–H and O–H groups in total. The van der Waals surface area contributed by atoms with Gasteiger partial charge >= 0.3 is 0 Å². The first-order chi connectivity index (χ1) is 8.81. The third-order valence-corrected chi connectivity index (χ3v) is 5.82. The van der Waals surface area contributed by atoms with Crippen LogP contribution in [0.1, 0.15) is 45.4 Å². The van der Waals surface area contributed by atoms with E-state index in [1.807, 2.05) is 0 Å². The lowest BCUT2D eigenvalue weighted by Crippen LogP contribution is -2.57. The van der Waals surface area contributed by atoms with E-state index in [1.165, 1.54) is 58.2 Å². The van der Waals surface area contributed by atoms with Crippen LogP contribution in [-0.4, -0.2) is 36.6 Å². The highest BCUT2D eigenvalue weighted by atomic mass is 15.2. The van der Waals surface area contributed by atoms with Crippen molar-refractivity contribution in [2.45, 2.75) is 57.5 Å². The second kappa shape index (κ2) is 4.49. The predicted octanol–water partition coefficient (Wildman–Crippen LogP) is 2.49. The normalized spacial score (nSPS) is 38.3. The Kier molecular flexibility index (Phi) is 2.92. The molecule has 0 aromatic heterocycles. The predicted molar refractivity (Wildman–Crippen MR) is 74.5 cm³/mol. The number of nitrogens with one attached hydrogen (secondary N) is 1. The van der Waals surface area contributed by atoms with Gasteiger partial charge in [-0.25, -0.2) is 0 Å². The molecule has 4 aliphatic rings. The molecule has 1 heterocycles. The third kappa shape index (κ3) is 2.46. The standard InChI is InChI=1S/C16H28N2/c1-11-8-17-16(14-6-7-14)10-18(11)9-15(12-2-3-12)13-4-5-13/h11-17H,2-10H2,1H3. The van der Waals surface area contributed by atoms with E-state index in [0.29, 0.717) is 0 Å². The zero-order chi connectivity index (χ0) is 12.1. The molecule has 1 aliphatic heterocycles. The Bertz CT molecular complexity index is 292. The van der Waals surface area contributed by atoms with Gasteiger partial charge in [-0.2, -0.15) is 0 Å². The minimum Gasteiger partial charge on any atom is -0.311 e. The summed E-state index contributed by atoms with van der Waals surface area (Å²) in [6.45, 7) is 6.40. The first-order valence-electron chi connectivity index (χ1n) is 8.28. The Morgan fingerprint density at radius 2 is 1.72 bits per heavy atom. The van der Waals surface area contributed by atoms with Gasteiger partial charge in [0, 0.05) is 31.7 Å². The molecule has 4 rings (SSSR count). The second-order valence-corrected chi connectivity index (χ2v) is 7.49. The fourth-order valence-electron chi connectivity index (χ4n) is 4.02. The quantitative estimate of drug-likeness (QED) is 0.804. The van der Waals surface area contributed by atoms with E-state index in [9.17, 15) is 0 Å². The lowest BCUT2D eigenvalue weighted by atomic mass is 9.95. The number of hydrogen-bond donors (Lipinski definition) is 1. The first kappa shape index (κ1) is 11.7. The van der Waals surface area contributed by atoms with Crippen molar-refractivity contribution in [2.24, 2.45) is 23.7 Å². The van der Waals surface area contributed by atoms with Gasteiger partial charge in [-0.05, 0) is 69.1 Å². The van der Waals surface area contributed by atoms with Crippen LogP contribution >= 0.6 is 0 Å². The summed E-state index contributed by atoms with van der Waals surface area (Å²) in [6, 6.07) is 1.58. The monoisotopic (exact) mass is 248 g/mol. The van der Waals surface area contributed by atoms with Gasteiger partial charge in [-0.1, -0.05) is 0 Å². The first-order valence-corrected chi connectivity index (χ1v) is 8.28. The summed E-state index contributed by atoms with van der Waals surface area (Å²) < 4.78 is 0. The Morgan fingerprint density at radius 1 is 1.06 bits per heavy atom. The molecule has 4 fully saturated rings. The summed E-state index contributed by atoms with van der Waals surface area (Å²) in [7, 11) is 0. The van der Waals surface area contributed by atoms with Crippen molar-refractivity contribution in [2.75, 3.05) is 19.6 Å². The summed E-state index contributed by atoms with van der Waals surface area (Å²) in [4.78, 5) is 2.83. The van der Waals surface area contributed by atoms with Crippen molar-refractivity contribution in [1.29, 1.82) is 0 Å². The SMILES string of the molecule is CC1CNC(C2CC2)CN1CC(C1CC1)C1CC1. The highest BCUT2D eigenvalue weighted by molar-refractivity contribution is 4.97. The summed E-state index contributed by atoms with van der Waals surface area (Å²) in [5, 5.41) is 3.78. The summed E-state index contributed by atoms with van der Waals surface area (Å²) >= 11 is 0. The van der Waals surface area contributed by atoms with Crippen LogP contribution in [0.4, 0.5) is 0 Å². The molecule has 2 unspecified atom stereocenters. The Balaban J connectivity index is 1.38. The molecule has 0 radical (unpaired) electrons. The summed E-state index contributed by atoms with van der Waals surface area (Å²) in [5.74, 6) is 4.30. The number of hydrogen-bond acceptors (Lipinski definition) is 2. The maximum atomic E-state index is 3.78. The lowest BCUT2D eigenvalue weighted by molar-refractivity contribution is 0.102. The molecule has 0 aromatic rings. The minimum atomic E-state index is 0.764. The van der Waals surface area contributed by atoms with Crippen LogP contribution in [-0.2, 0) is 0 Å². The maximum Gasteiger partial charge on any atom is 0.0224 e. The van der Waals surface area contributed by atoms with Gasteiger partial charge in [0.25, 0.3) is 0 Å². The highest BCUT2D eigenvalue weighted by Crippen LogP contribution is 2.49. The van der Waals surface area contributed by atoms with Crippen LogP contribution in [0.3, 0.4) is 0 Å². The molecular weight excluding hydrogens is 220 g/mol. The average Bonchev–Trinajstić information content (AvgIpc) is 3.25. The third-order valence-electron chi connectivity index (χ3n) is 5.82. The number of piperazine rings is 1. The molecule has 18 heavy (non-hydrogen) atoms. The van der Waals surface area contributed by atoms with Crippen LogP contribution in [0.5, 0.6) is 0 Å². The van der Waals surface area contributed by atoms with E-state index in [-0.39, 0.29) is 0 Å². The fraction of sp³-hybridized carbons (Fsp3) is 1.00. The summed E-state index contributed by atoms with van der Waals surface area (Å²) in [6.07, 6.45) is 9.10. The molecular formula is C16H28N2. The Labute approximate surface area is 111 Å². The summed E-state index contributed by atoms with van der Waals surface area (Å²) in [5.41, 5.74) is 0. The van der Waals surface area contributed by atoms with Crippen LogP contribution < -0.4 is 5.32 Å². The second-order valence-electron chi connectivity index (χ2n) is 7.49. The van der Waals surface area contributed by atoms with E-state index >= 15 is 0 Å². The maximum absolute atomic E-state index is 3.78. The molecule has 0 bridgehead atoms. The van der Waals surface area contributed by atoms with Gasteiger partial charge in [0.15, 0.2) is 0 Å². The van der Waals surface area contributed by atoms with Gasteiger partial charge in [0.2, 0.25) is 0 Å². The number of rotatable bonds is 5. The molecule has 3 saturated carbocycles. The average molecular weight is 248 g/mol. The van der Waals surface area contributed by atoms with Crippen LogP contribution in [0.2, 0.25) is 0 Å². The molecule has 102 valence electrons. The van der Waals surface area contributed by atoms with Gasteiger partial charge in [0.1, 0.15) is 0 Å². The zero-order valence-corrected chi connectivity index (χ0v) is 11.8. The van der Waals surface area contributed by atoms with Crippen LogP contribution in [0.25, 0.3) is 0 Å². The Hall–Kier alpha value is -0.0800. The van der Waals surface area contributed by atoms with Crippen molar-refractivity contribution in [1.82, 2.24) is 10.2 Å². The van der Waals surface area contributed by atoms with Crippen molar-refractivity contribution in [3.8, 4) is 0 Å². The van der Waals surface area contributed by atoms with Crippen molar-refractivity contribution < 1.29 is 0 Å². The van der Waals surface area contributed by atoms with E-state index < -0.39 is 0 Å². The van der Waals surface area contributed by atoms with Crippen LogP contribution in [0, 0.1) is 23.7 Å². The molecule has 2 heteroatoms. The topological polar surface area (TPSA) is 15.3 Å². The van der Waals surface area contributed by atoms with E-state index in [1.54, 1.807) is 0 Å². The minimum absolute atomic E-state index is 0.764. The molecule has 0 amide bonds. The van der Waals surface area contributed by atoms with Crippen LogP contribution in [0.15, 0.2) is 0 Å². The molecule has 2 nitrogen and oxygen atoms in total. The zero-order valence-electron chi connectivity index (χ0n) is 11.8. The van der Waals surface area contributed by atoms with E-state index in [4.69, 9.17) is 0 Å². The highest BCUT2D eigenvalue weighted by Gasteiger charge is 2.44.